The Morgan fingerprint density at radius 2 is 1.95 bits per heavy atom. The smallest absolute Gasteiger partial charge is 0.248 e. The van der Waals surface area contributed by atoms with Crippen LogP contribution < -0.4 is 5.73 Å². The zero-order chi connectivity index (χ0) is 15.4. The number of nitrogens with two attached hydrogens (primary N) is 1. The van der Waals surface area contributed by atoms with E-state index in [1.807, 2.05) is 19.1 Å². The van der Waals surface area contributed by atoms with E-state index in [0.29, 0.717) is 5.56 Å². The lowest BCUT2D eigenvalue weighted by atomic mass is 10.0. The molecule has 0 aliphatic rings. The number of rotatable bonds is 5. The fourth-order valence-electron chi connectivity index (χ4n) is 2.22. The fraction of sp³-hybridized carbons (Fsp3) is 0.250. The highest BCUT2D eigenvalue weighted by molar-refractivity contribution is 5.94. The van der Waals surface area contributed by atoms with Crippen LogP contribution in [0.4, 0.5) is 0 Å². The third-order valence-electron chi connectivity index (χ3n) is 3.22. The Balaban J connectivity index is 2.41. The number of primary amides is 1. The van der Waals surface area contributed by atoms with Crippen LogP contribution in [0.15, 0.2) is 36.5 Å². The molecule has 1 amide bonds. The number of nitrogens with zero attached hydrogens (tertiary/aromatic N) is 1. The summed E-state index contributed by atoms with van der Waals surface area (Å²) in [6.45, 7) is 1.95. The minimum Gasteiger partial charge on any atom is -0.366 e. The van der Waals surface area contributed by atoms with Crippen molar-refractivity contribution < 1.29 is 14.3 Å². The largest absolute Gasteiger partial charge is 0.366 e. The van der Waals surface area contributed by atoms with Gasteiger partial charge in [-0.05, 0) is 30.7 Å². The maximum absolute atomic E-state index is 11.3. The Morgan fingerprint density at radius 3 is 2.52 bits per heavy atom. The van der Waals surface area contributed by atoms with Crippen molar-refractivity contribution in [1.29, 1.82) is 0 Å². The van der Waals surface area contributed by atoms with Crippen molar-refractivity contribution in [1.82, 2.24) is 4.98 Å². The second kappa shape index (κ2) is 6.47. The van der Waals surface area contributed by atoms with E-state index in [1.54, 1.807) is 38.6 Å². The third kappa shape index (κ3) is 3.26. The van der Waals surface area contributed by atoms with Gasteiger partial charge in [0.05, 0.1) is 5.69 Å². The second-order valence-corrected chi connectivity index (χ2v) is 4.68. The van der Waals surface area contributed by atoms with Gasteiger partial charge in [-0.15, -0.1) is 0 Å². The van der Waals surface area contributed by atoms with E-state index in [1.165, 1.54) is 0 Å². The number of hydrogen-bond donors (Lipinski definition) is 1. The highest BCUT2D eigenvalue weighted by Gasteiger charge is 2.13. The number of hydrogen-bond acceptors (Lipinski definition) is 4. The Hall–Kier alpha value is -2.24. The first-order valence-electron chi connectivity index (χ1n) is 6.49. The highest BCUT2D eigenvalue weighted by Crippen LogP contribution is 2.25. The van der Waals surface area contributed by atoms with Gasteiger partial charge in [0.2, 0.25) is 5.91 Å². The van der Waals surface area contributed by atoms with Crippen molar-refractivity contribution in [3.63, 3.8) is 0 Å². The number of carbonyl (C=O) groups excluding carboxylic acids is 1. The molecule has 2 N–H and O–H groups in total. The Bertz CT molecular complexity index is 652. The average Bonchev–Trinajstić information content (AvgIpc) is 2.49. The quantitative estimate of drug-likeness (QED) is 0.857. The van der Waals surface area contributed by atoms with Crippen LogP contribution in [0.1, 0.15) is 27.8 Å². The van der Waals surface area contributed by atoms with Crippen LogP contribution in [0.25, 0.3) is 11.3 Å². The Kier molecular flexibility index (Phi) is 4.67. The monoisotopic (exact) mass is 286 g/mol. The van der Waals surface area contributed by atoms with E-state index in [4.69, 9.17) is 15.2 Å². The maximum atomic E-state index is 11.3. The first kappa shape index (κ1) is 15.2. The summed E-state index contributed by atoms with van der Waals surface area (Å²) < 4.78 is 10.4. The van der Waals surface area contributed by atoms with Gasteiger partial charge in [-0.25, -0.2) is 0 Å². The molecule has 0 aliphatic heterocycles. The predicted octanol–water partition coefficient (Wildman–Crippen LogP) is 2.45. The summed E-state index contributed by atoms with van der Waals surface area (Å²) >= 11 is 0. The van der Waals surface area contributed by atoms with Crippen molar-refractivity contribution >= 4 is 5.91 Å². The molecule has 0 atom stereocenters. The van der Waals surface area contributed by atoms with Gasteiger partial charge in [-0.2, -0.15) is 0 Å². The van der Waals surface area contributed by atoms with Gasteiger partial charge in [0.1, 0.15) is 0 Å². The summed E-state index contributed by atoms with van der Waals surface area (Å²) in [6.07, 6.45) is 1.26. The summed E-state index contributed by atoms with van der Waals surface area (Å²) in [5, 5.41) is 0. The van der Waals surface area contributed by atoms with E-state index >= 15 is 0 Å². The fourth-order valence-corrected chi connectivity index (χ4v) is 2.22. The molecule has 0 bridgehead atoms. The molecule has 1 aromatic heterocycles. The number of benzene rings is 1. The second-order valence-electron chi connectivity index (χ2n) is 4.68. The van der Waals surface area contributed by atoms with Gasteiger partial charge in [-0.1, -0.05) is 12.1 Å². The first-order valence-corrected chi connectivity index (χ1v) is 6.49. The Labute approximate surface area is 123 Å². The molecule has 0 spiro atoms. The molecular formula is C16H18N2O3. The lowest BCUT2D eigenvalue weighted by Crippen LogP contribution is -2.10. The minimum absolute atomic E-state index is 0.442. The third-order valence-corrected chi connectivity index (χ3v) is 3.22. The predicted molar refractivity (Wildman–Crippen MR) is 79.7 cm³/mol. The van der Waals surface area contributed by atoms with Gasteiger partial charge in [0.25, 0.3) is 0 Å². The lowest BCUT2D eigenvalue weighted by Gasteiger charge is -2.15. The van der Waals surface area contributed by atoms with E-state index in [2.05, 4.69) is 4.98 Å². The standard InChI is InChI=1S/C16H18N2O3/c1-10-7-13(16(20-2)21-3)9-18-14(10)11-5-4-6-12(8-11)15(17)19/h4-9,16H,1-3H3,(H2,17,19). The van der Waals surface area contributed by atoms with Crippen LogP contribution in [0, 0.1) is 6.92 Å². The molecule has 0 fully saturated rings. The SMILES string of the molecule is COC(OC)c1cnc(-c2cccc(C(N)=O)c2)c(C)c1. The molecule has 5 heteroatoms. The van der Waals surface area contributed by atoms with Gasteiger partial charge in [0, 0.05) is 37.1 Å². The first-order chi connectivity index (χ1) is 10.1. The highest BCUT2D eigenvalue weighted by atomic mass is 16.7. The molecular weight excluding hydrogens is 268 g/mol. The molecule has 110 valence electrons. The normalized spacial score (nSPS) is 10.9. The number of pyridine rings is 1. The zero-order valence-corrected chi connectivity index (χ0v) is 12.3. The molecule has 0 radical (unpaired) electrons. The van der Waals surface area contributed by atoms with E-state index in [-0.39, 0.29) is 0 Å². The van der Waals surface area contributed by atoms with Crippen LogP contribution in [0.3, 0.4) is 0 Å². The molecule has 2 aromatic rings. The summed E-state index contributed by atoms with van der Waals surface area (Å²) in [5.41, 5.74) is 9.22. The molecule has 21 heavy (non-hydrogen) atoms. The van der Waals surface area contributed by atoms with Crippen molar-refractivity contribution in [2.24, 2.45) is 5.73 Å². The molecule has 2 rings (SSSR count). The van der Waals surface area contributed by atoms with Crippen molar-refractivity contribution in [2.45, 2.75) is 13.2 Å². The summed E-state index contributed by atoms with van der Waals surface area (Å²) in [7, 11) is 3.15. The maximum Gasteiger partial charge on any atom is 0.248 e. The molecule has 1 aromatic carbocycles. The van der Waals surface area contributed by atoms with E-state index in [9.17, 15) is 4.79 Å². The number of aromatic nitrogens is 1. The van der Waals surface area contributed by atoms with Gasteiger partial charge in [-0.3, -0.25) is 9.78 Å². The number of ether oxygens (including phenoxy) is 2. The van der Waals surface area contributed by atoms with Crippen molar-refractivity contribution in [3.05, 3.63) is 53.2 Å². The average molecular weight is 286 g/mol. The molecule has 5 nitrogen and oxygen atoms in total. The molecule has 1 heterocycles. The lowest BCUT2D eigenvalue weighted by molar-refractivity contribution is -0.106. The van der Waals surface area contributed by atoms with Gasteiger partial charge >= 0.3 is 0 Å². The van der Waals surface area contributed by atoms with Crippen LogP contribution in [-0.2, 0) is 9.47 Å². The van der Waals surface area contributed by atoms with Crippen LogP contribution >= 0.6 is 0 Å². The van der Waals surface area contributed by atoms with Crippen molar-refractivity contribution in [2.75, 3.05) is 14.2 Å². The summed E-state index contributed by atoms with van der Waals surface area (Å²) in [4.78, 5) is 15.7. The summed E-state index contributed by atoms with van der Waals surface area (Å²) in [5.74, 6) is -0.454. The number of aryl methyl sites for hydroxylation is 1. The zero-order valence-electron chi connectivity index (χ0n) is 12.3. The number of methoxy groups -OCH3 is 2. The summed E-state index contributed by atoms with van der Waals surface area (Å²) in [6, 6.07) is 9.06. The van der Waals surface area contributed by atoms with E-state index < -0.39 is 12.2 Å². The molecule has 0 saturated carbocycles. The van der Waals surface area contributed by atoms with Gasteiger partial charge < -0.3 is 15.2 Å². The van der Waals surface area contributed by atoms with Gasteiger partial charge in [0.15, 0.2) is 6.29 Å². The number of carbonyl (C=O) groups is 1. The van der Waals surface area contributed by atoms with Crippen LogP contribution in [0.5, 0.6) is 0 Å². The van der Waals surface area contributed by atoms with Crippen LogP contribution in [0.2, 0.25) is 0 Å². The molecule has 0 unspecified atom stereocenters. The van der Waals surface area contributed by atoms with Crippen LogP contribution in [-0.4, -0.2) is 25.1 Å². The minimum atomic E-state index is -0.454. The molecule has 0 saturated heterocycles. The van der Waals surface area contributed by atoms with E-state index in [0.717, 1.165) is 22.4 Å². The molecule has 0 aliphatic carbocycles. The topological polar surface area (TPSA) is 74.4 Å². The Morgan fingerprint density at radius 1 is 1.24 bits per heavy atom. The van der Waals surface area contributed by atoms with Crippen molar-refractivity contribution in [3.8, 4) is 11.3 Å². The number of amides is 1.